The Kier molecular flexibility index (Phi) is 6.49. The summed E-state index contributed by atoms with van der Waals surface area (Å²) in [4.78, 5) is 31.5. The molecular formula is C21H19NO4S2. The second kappa shape index (κ2) is 9.03. The van der Waals surface area contributed by atoms with Crippen molar-refractivity contribution < 1.29 is 19.4 Å². The summed E-state index contributed by atoms with van der Waals surface area (Å²) in [5, 5.41) is 10.8. The summed E-state index contributed by atoms with van der Waals surface area (Å²) >= 11 is 2.70. The number of aryl methyl sites for hydroxylation is 1. The fraction of sp³-hybridized carbons (Fsp3) is 0.190. The quantitative estimate of drug-likeness (QED) is 0.697. The van der Waals surface area contributed by atoms with Crippen LogP contribution in [0, 0.1) is 0 Å². The maximum Gasteiger partial charge on any atom is 0.344 e. The number of aliphatic imine (C=N–C) groups is 1. The van der Waals surface area contributed by atoms with Gasteiger partial charge in [-0.3, -0.25) is 4.79 Å². The van der Waals surface area contributed by atoms with Gasteiger partial charge in [0.1, 0.15) is 16.4 Å². The molecule has 0 atom stereocenters. The van der Waals surface area contributed by atoms with E-state index in [1.54, 1.807) is 54.7 Å². The monoisotopic (exact) mass is 413 g/mol. The minimum absolute atomic E-state index is 0.0744. The van der Waals surface area contributed by atoms with E-state index in [1.165, 1.54) is 4.88 Å². The number of thioether (sulfide) groups is 1. The summed E-state index contributed by atoms with van der Waals surface area (Å²) in [6.07, 6.45) is 2.72. The molecule has 0 bridgehead atoms. The molecule has 3 rings (SSSR count). The van der Waals surface area contributed by atoms with E-state index in [0.29, 0.717) is 10.5 Å². The number of thiophene rings is 1. The van der Waals surface area contributed by atoms with Crippen molar-refractivity contribution in [3.8, 4) is 0 Å². The van der Waals surface area contributed by atoms with E-state index < -0.39 is 11.9 Å². The van der Waals surface area contributed by atoms with Crippen molar-refractivity contribution in [3.05, 3.63) is 74.0 Å². The van der Waals surface area contributed by atoms with Crippen LogP contribution in [0.25, 0.3) is 6.08 Å². The van der Waals surface area contributed by atoms with Crippen LogP contribution >= 0.6 is 23.1 Å². The Morgan fingerprint density at radius 1 is 1.14 bits per heavy atom. The van der Waals surface area contributed by atoms with Gasteiger partial charge < -0.3 is 9.84 Å². The number of hydrogen-bond acceptors (Lipinski definition) is 6. The van der Waals surface area contributed by atoms with E-state index in [2.05, 4.69) is 11.9 Å². The van der Waals surface area contributed by atoms with Gasteiger partial charge in [0.05, 0.1) is 11.5 Å². The largest absolute Gasteiger partial charge is 0.506 e. The lowest BCUT2D eigenvalue weighted by molar-refractivity contribution is -0.138. The van der Waals surface area contributed by atoms with Gasteiger partial charge in [-0.05, 0) is 43.7 Å². The lowest BCUT2D eigenvalue weighted by atomic mass is 10.2. The van der Waals surface area contributed by atoms with Gasteiger partial charge in [-0.25, -0.2) is 9.79 Å². The van der Waals surface area contributed by atoms with Crippen molar-refractivity contribution in [2.75, 3.05) is 6.61 Å². The molecule has 0 aliphatic carbocycles. The summed E-state index contributed by atoms with van der Waals surface area (Å²) in [5.74, 6) is -1.39. The molecule has 144 valence electrons. The molecule has 0 spiro atoms. The molecule has 0 saturated heterocycles. The summed E-state index contributed by atoms with van der Waals surface area (Å²) in [6.45, 7) is 3.91. The number of amides is 1. The number of carbonyl (C=O) groups is 2. The Bertz CT molecular complexity index is 987. The smallest absolute Gasteiger partial charge is 0.344 e. The number of esters is 1. The van der Waals surface area contributed by atoms with E-state index >= 15 is 0 Å². The topological polar surface area (TPSA) is 76.0 Å². The summed E-state index contributed by atoms with van der Waals surface area (Å²) in [6, 6.07) is 12.6. The van der Waals surface area contributed by atoms with Crippen molar-refractivity contribution in [2.24, 2.45) is 4.99 Å². The number of aliphatic hydroxyl groups excluding tert-OH is 1. The van der Waals surface area contributed by atoms with Crippen LogP contribution in [0.15, 0.2) is 63.7 Å². The maximum absolute atomic E-state index is 12.5. The average molecular weight is 414 g/mol. The normalized spacial score (nSPS) is 16.8. The molecule has 7 heteroatoms. The van der Waals surface area contributed by atoms with E-state index in [0.717, 1.165) is 23.1 Å². The van der Waals surface area contributed by atoms with Gasteiger partial charge >= 0.3 is 5.97 Å². The van der Waals surface area contributed by atoms with Gasteiger partial charge in [-0.15, -0.1) is 11.3 Å². The van der Waals surface area contributed by atoms with Crippen LogP contribution in [-0.4, -0.2) is 28.6 Å². The second-order valence-electron chi connectivity index (χ2n) is 5.80. The van der Waals surface area contributed by atoms with Gasteiger partial charge in [0, 0.05) is 15.3 Å². The van der Waals surface area contributed by atoms with Crippen LogP contribution < -0.4 is 0 Å². The van der Waals surface area contributed by atoms with Crippen molar-refractivity contribution in [3.63, 3.8) is 0 Å². The first kappa shape index (κ1) is 20.1. The molecule has 5 nitrogen and oxygen atoms in total. The lowest BCUT2D eigenvalue weighted by Gasteiger charge is -2.03. The highest BCUT2D eigenvalue weighted by Crippen LogP contribution is 2.40. The third kappa shape index (κ3) is 4.43. The number of hydrogen-bond donors (Lipinski definition) is 1. The van der Waals surface area contributed by atoms with Crippen LogP contribution in [-0.2, 0) is 16.0 Å². The molecule has 1 aromatic heterocycles. The van der Waals surface area contributed by atoms with Gasteiger partial charge in [0.2, 0.25) is 0 Å². The predicted molar refractivity (Wildman–Crippen MR) is 114 cm³/mol. The molecule has 0 saturated carbocycles. The van der Waals surface area contributed by atoms with Crippen molar-refractivity contribution in [1.29, 1.82) is 0 Å². The van der Waals surface area contributed by atoms with Crippen LogP contribution in [0.2, 0.25) is 0 Å². The molecule has 2 heterocycles. The molecule has 1 aromatic carbocycles. The third-order valence-electron chi connectivity index (χ3n) is 3.90. The van der Waals surface area contributed by atoms with Gasteiger partial charge in [-0.2, -0.15) is 0 Å². The molecule has 0 fully saturated rings. The average Bonchev–Trinajstić information content (AvgIpc) is 3.27. The highest BCUT2D eigenvalue weighted by molar-refractivity contribution is 8.18. The Balaban J connectivity index is 1.98. The summed E-state index contributed by atoms with van der Waals surface area (Å²) < 4.78 is 5.05. The SMILES string of the molecule is CCOC(=O)C1=C(O)/C(=C/c2ccc(CC)s2)SC1=NC(=O)c1ccccc1. The first-order valence-electron chi connectivity index (χ1n) is 8.80. The second-order valence-corrected chi connectivity index (χ2v) is 8.03. The zero-order valence-corrected chi connectivity index (χ0v) is 17.1. The standard InChI is InChI=1S/C21H19NO4S2/c1-3-14-10-11-15(27-14)12-16-18(23)17(21(25)26-4-2)20(28-16)22-19(24)13-8-6-5-7-9-13/h5-12,23H,3-4H2,1-2H3/b16-12-,22-20?. The van der Waals surface area contributed by atoms with E-state index in [4.69, 9.17) is 4.74 Å². The highest BCUT2D eigenvalue weighted by atomic mass is 32.2. The number of benzene rings is 1. The number of carbonyl (C=O) groups excluding carboxylic acids is 2. The fourth-order valence-electron chi connectivity index (χ4n) is 2.52. The molecule has 1 amide bonds. The van der Waals surface area contributed by atoms with Crippen molar-refractivity contribution >= 4 is 46.1 Å². The van der Waals surface area contributed by atoms with Crippen molar-refractivity contribution in [2.45, 2.75) is 20.3 Å². The first-order valence-corrected chi connectivity index (χ1v) is 10.4. The zero-order chi connectivity index (χ0) is 20.1. The van der Waals surface area contributed by atoms with Crippen LogP contribution in [0.5, 0.6) is 0 Å². The van der Waals surface area contributed by atoms with Crippen molar-refractivity contribution in [1.82, 2.24) is 0 Å². The molecule has 1 aliphatic rings. The lowest BCUT2D eigenvalue weighted by Crippen LogP contribution is -2.14. The molecule has 0 unspecified atom stereocenters. The molecule has 0 radical (unpaired) electrons. The van der Waals surface area contributed by atoms with Gasteiger partial charge in [0.25, 0.3) is 5.91 Å². The minimum Gasteiger partial charge on any atom is -0.506 e. The molecule has 1 N–H and O–H groups in total. The van der Waals surface area contributed by atoms with E-state index in [-0.39, 0.29) is 23.0 Å². The number of ether oxygens (including phenoxy) is 1. The van der Waals surface area contributed by atoms with E-state index in [9.17, 15) is 14.7 Å². The summed E-state index contributed by atoms with van der Waals surface area (Å²) in [7, 11) is 0. The number of nitrogens with zero attached hydrogens (tertiary/aromatic N) is 1. The van der Waals surface area contributed by atoms with E-state index in [1.807, 2.05) is 12.1 Å². The van der Waals surface area contributed by atoms with Crippen LogP contribution in [0.4, 0.5) is 0 Å². The van der Waals surface area contributed by atoms with Crippen LogP contribution in [0.1, 0.15) is 34.0 Å². The number of aliphatic hydroxyl groups is 1. The number of rotatable bonds is 5. The third-order valence-corrected chi connectivity index (χ3v) is 6.09. The summed E-state index contributed by atoms with van der Waals surface area (Å²) in [5.41, 5.74) is 0.330. The predicted octanol–water partition coefficient (Wildman–Crippen LogP) is 5.01. The maximum atomic E-state index is 12.5. The Labute approximate surface area is 171 Å². The Morgan fingerprint density at radius 2 is 1.89 bits per heavy atom. The molecule has 1 aliphatic heterocycles. The molecule has 28 heavy (non-hydrogen) atoms. The van der Waals surface area contributed by atoms with Crippen LogP contribution in [0.3, 0.4) is 0 Å². The van der Waals surface area contributed by atoms with Gasteiger partial charge in [0.15, 0.2) is 0 Å². The Hall–Kier alpha value is -2.64. The molecule has 2 aromatic rings. The fourth-order valence-corrected chi connectivity index (χ4v) is 4.49. The zero-order valence-electron chi connectivity index (χ0n) is 15.5. The minimum atomic E-state index is -0.698. The first-order chi connectivity index (χ1) is 13.5. The molecular weight excluding hydrogens is 394 g/mol. The highest BCUT2D eigenvalue weighted by Gasteiger charge is 2.34. The van der Waals surface area contributed by atoms with Gasteiger partial charge in [-0.1, -0.05) is 36.9 Å². The Morgan fingerprint density at radius 3 is 2.54 bits per heavy atom.